The van der Waals surface area contributed by atoms with E-state index in [1.165, 1.54) is 41.2 Å². The first-order valence-electron chi connectivity index (χ1n) is 10.3. The highest BCUT2D eigenvalue weighted by atomic mass is 32.8. The number of rotatable bonds is 6. The molecule has 0 aromatic heterocycles. The van der Waals surface area contributed by atoms with Crippen LogP contribution in [-0.4, -0.2) is 17.4 Å². The van der Waals surface area contributed by atoms with Gasteiger partial charge >= 0.3 is 0 Å². The molecule has 0 radical (unpaired) electrons. The van der Waals surface area contributed by atoms with Gasteiger partial charge in [-0.05, 0) is 66.9 Å². The summed E-state index contributed by atoms with van der Waals surface area (Å²) in [5, 5.41) is 6.59. The number of benzene rings is 1. The molecule has 3 N–H and O–H groups in total. The lowest BCUT2D eigenvalue weighted by molar-refractivity contribution is 0.117. The Labute approximate surface area is 178 Å². The van der Waals surface area contributed by atoms with Gasteiger partial charge in [0, 0.05) is 29.3 Å². The van der Waals surface area contributed by atoms with Gasteiger partial charge in [0.2, 0.25) is 5.88 Å². The summed E-state index contributed by atoms with van der Waals surface area (Å²) in [5.74, 6) is 1.28. The molecule has 5 nitrogen and oxygen atoms in total. The van der Waals surface area contributed by atoms with Crippen molar-refractivity contribution in [2.75, 3.05) is 18.5 Å². The zero-order chi connectivity index (χ0) is 20.6. The Morgan fingerprint density at radius 3 is 2.48 bits per heavy atom. The van der Waals surface area contributed by atoms with E-state index in [0.29, 0.717) is 29.1 Å². The van der Waals surface area contributed by atoms with Gasteiger partial charge in [-0.3, -0.25) is 4.72 Å². The van der Waals surface area contributed by atoms with Gasteiger partial charge in [0.1, 0.15) is 19.4 Å². The van der Waals surface area contributed by atoms with Crippen LogP contribution in [0.25, 0.3) is 0 Å². The van der Waals surface area contributed by atoms with E-state index in [4.69, 9.17) is 15.9 Å². The van der Waals surface area contributed by atoms with E-state index in [1.807, 2.05) is 0 Å². The van der Waals surface area contributed by atoms with Crippen molar-refractivity contribution in [2.24, 2.45) is 5.92 Å². The van der Waals surface area contributed by atoms with E-state index in [0.717, 1.165) is 37.9 Å². The highest BCUT2D eigenvalue weighted by Crippen LogP contribution is 2.39. The van der Waals surface area contributed by atoms with Crippen molar-refractivity contribution in [3.05, 3.63) is 64.2 Å². The molecule has 0 bridgehead atoms. The van der Waals surface area contributed by atoms with Gasteiger partial charge in [-0.25, -0.2) is 4.21 Å². The summed E-state index contributed by atoms with van der Waals surface area (Å²) in [6, 6.07) is 2.38. The second-order valence-corrected chi connectivity index (χ2v) is 11.2. The van der Waals surface area contributed by atoms with Crippen molar-refractivity contribution in [1.82, 2.24) is 10.0 Å². The number of fused-ring (bicyclic) bond motifs is 2. The fourth-order valence-electron chi connectivity index (χ4n) is 4.45. The Balaban J connectivity index is 1.56. The maximum atomic E-state index is 13.3. The van der Waals surface area contributed by atoms with Crippen molar-refractivity contribution >= 4 is 25.6 Å². The first-order valence-corrected chi connectivity index (χ1v) is 12.8. The van der Waals surface area contributed by atoms with Gasteiger partial charge in [0.05, 0.1) is 6.61 Å². The third kappa shape index (κ3) is 4.03. The molecule has 3 aliphatic rings. The Morgan fingerprint density at radius 2 is 1.93 bits per heavy atom. The summed E-state index contributed by atoms with van der Waals surface area (Å²) in [7, 11) is -3.04. The monoisotopic (exact) mass is 431 g/mol. The quantitative estimate of drug-likeness (QED) is 0.644. The summed E-state index contributed by atoms with van der Waals surface area (Å²) in [6.45, 7) is 11.3. The zero-order valence-electron chi connectivity index (χ0n) is 16.9. The molecule has 1 aromatic rings. The van der Waals surface area contributed by atoms with Crippen LogP contribution in [0.3, 0.4) is 0 Å². The van der Waals surface area contributed by atoms with Gasteiger partial charge in [0.25, 0.3) is 0 Å². The Bertz CT molecular complexity index is 954. The van der Waals surface area contributed by atoms with Gasteiger partial charge in [-0.2, -0.15) is 0 Å². The fraction of sp³-hybridized carbons (Fsp3) is 0.455. The number of ether oxygens (including phenoxy) is 1. The van der Waals surface area contributed by atoms with Crippen molar-refractivity contribution in [3.63, 3.8) is 0 Å². The summed E-state index contributed by atoms with van der Waals surface area (Å²) in [4.78, 5) is 0.367. The SMILES string of the molecule is C=C/C(=C1\NCC(C)CO1)S(=O)(=S)NC(=C)Nc1c2c(cc3c1CCC3)CCC2. The van der Waals surface area contributed by atoms with Crippen molar-refractivity contribution < 1.29 is 8.95 Å². The normalized spacial score (nSPS) is 23.7. The van der Waals surface area contributed by atoms with Crippen molar-refractivity contribution in [2.45, 2.75) is 45.4 Å². The molecule has 2 atom stereocenters. The minimum absolute atomic E-state index is 0.367. The smallest absolute Gasteiger partial charge is 0.205 e. The molecule has 1 saturated heterocycles. The number of aryl methyl sites for hydroxylation is 2. The highest BCUT2D eigenvalue weighted by molar-refractivity contribution is 8.34. The third-order valence-electron chi connectivity index (χ3n) is 5.83. The fourth-order valence-corrected chi connectivity index (χ4v) is 6.26. The largest absolute Gasteiger partial charge is 0.478 e. The van der Waals surface area contributed by atoms with Crippen LogP contribution >= 0.6 is 0 Å². The Hall–Kier alpha value is -1.99. The van der Waals surface area contributed by atoms with Crippen LogP contribution in [0.15, 0.2) is 41.9 Å². The van der Waals surface area contributed by atoms with Gasteiger partial charge in [-0.15, -0.1) is 0 Å². The lowest BCUT2D eigenvalue weighted by atomic mass is 9.99. The summed E-state index contributed by atoms with van der Waals surface area (Å²) >= 11 is 5.43. The predicted molar refractivity (Wildman–Crippen MR) is 122 cm³/mol. The lowest BCUT2D eigenvalue weighted by Gasteiger charge is -2.26. The first-order chi connectivity index (χ1) is 13.9. The van der Waals surface area contributed by atoms with Crippen molar-refractivity contribution in [1.29, 1.82) is 0 Å². The van der Waals surface area contributed by atoms with Crippen LogP contribution in [0.5, 0.6) is 0 Å². The number of nitrogens with one attached hydrogen (secondary N) is 3. The number of anilines is 1. The van der Waals surface area contributed by atoms with E-state index in [9.17, 15) is 4.21 Å². The molecule has 2 aliphatic carbocycles. The van der Waals surface area contributed by atoms with E-state index in [1.54, 1.807) is 0 Å². The van der Waals surface area contributed by atoms with E-state index in [2.05, 4.69) is 41.5 Å². The first kappa shape index (κ1) is 20.3. The maximum Gasteiger partial charge on any atom is 0.205 e. The molecule has 1 aliphatic heterocycles. The molecule has 156 valence electrons. The van der Waals surface area contributed by atoms with Gasteiger partial charge in [0.15, 0.2) is 0 Å². The lowest BCUT2D eigenvalue weighted by Crippen LogP contribution is -2.35. The standard InChI is InChI=1S/C22H29N3O2S2/c1-4-20(22-23-12-14(2)13-27-22)29(26,28)25-15(3)24-21-18-9-5-7-16(18)11-17-8-6-10-19(17)21/h4,11,14,23-25H,1,3,5-10,12-13H2,2H3/b22-20-. The van der Waals surface area contributed by atoms with Gasteiger partial charge in [-0.1, -0.05) is 26.1 Å². The molecular weight excluding hydrogens is 402 g/mol. The number of allylic oxidation sites excluding steroid dienone is 1. The Morgan fingerprint density at radius 1 is 1.28 bits per heavy atom. The average Bonchev–Trinajstić information content (AvgIpc) is 3.32. The molecule has 1 aromatic carbocycles. The van der Waals surface area contributed by atoms with Crippen LogP contribution in [0, 0.1) is 5.92 Å². The summed E-state index contributed by atoms with van der Waals surface area (Å²) < 4.78 is 22.0. The van der Waals surface area contributed by atoms with Crippen LogP contribution < -0.4 is 15.4 Å². The summed E-state index contributed by atoms with van der Waals surface area (Å²) in [6.07, 6.45) is 8.26. The third-order valence-corrected chi connectivity index (χ3v) is 8.06. The van der Waals surface area contributed by atoms with E-state index >= 15 is 0 Å². The highest BCUT2D eigenvalue weighted by Gasteiger charge is 2.26. The molecule has 2 unspecified atom stereocenters. The van der Waals surface area contributed by atoms with Crippen molar-refractivity contribution in [3.8, 4) is 0 Å². The average molecular weight is 432 g/mol. The summed E-state index contributed by atoms with van der Waals surface area (Å²) in [5.41, 5.74) is 6.76. The van der Waals surface area contributed by atoms with E-state index in [-0.39, 0.29) is 0 Å². The van der Waals surface area contributed by atoms with Crippen LogP contribution in [0.4, 0.5) is 5.69 Å². The molecule has 4 rings (SSSR count). The molecule has 0 saturated carbocycles. The maximum absolute atomic E-state index is 13.3. The topological polar surface area (TPSA) is 62.4 Å². The predicted octanol–water partition coefficient (Wildman–Crippen LogP) is 3.41. The minimum Gasteiger partial charge on any atom is -0.478 e. The van der Waals surface area contributed by atoms with Crippen LogP contribution in [0.1, 0.15) is 42.0 Å². The molecule has 1 heterocycles. The van der Waals surface area contributed by atoms with Crippen LogP contribution in [-0.2, 0) is 50.3 Å². The molecular formula is C22H29N3O2S2. The number of hydrogen-bond donors (Lipinski definition) is 3. The van der Waals surface area contributed by atoms with Gasteiger partial charge < -0.3 is 15.4 Å². The molecule has 0 amide bonds. The van der Waals surface area contributed by atoms with Crippen LogP contribution in [0.2, 0.25) is 0 Å². The second kappa shape index (κ2) is 8.03. The Kier molecular flexibility index (Phi) is 5.62. The number of hydrogen-bond acceptors (Lipinski definition) is 5. The second-order valence-electron chi connectivity index (χ2n) is 8.14. The van der Waals surface area contributed by atoms with E-state index < -0.39 is 8.68 Å². The minimum atomic E-state index is -3.04. The molecule has 7 heteroatoms. The molecule has 29 heavy (non-hydrogen) atoms. The molecule has 1 fully saturated rings. The zero-order valence-corrected chi connectivity index (χ0v) is 18.6. The molecule has 0 spiro atoms.